The summed E-state index contributed by atoms with van der Waals surface area (Å²) in [5.74, 6) is -1.31. The van der Waals surface area contributed by atoms with E-state index in [4.69, 9.17) is 20.6 Å². The second-order valence-electron chi connectivity index (χ2n) is 7.52. The molecule has 0 spiro atoms. The van der Waals surface area contributed by atoms with Crippen LogP contribution in [0, 0.1) is 5.41 Å². The molecule has 180 valence electrons. The van der Waals surface area contributed by atoms with Gasteiger partial charge in [0.1, 0.15) is 18.5 Å². The molecular weight excluding hydrogens is 442 g/mol. The average Bonchev–Trinajstić information content (AvgIpc) is 3.25. The van der Waals surface area contributed by atoms with Crippen LogP contribution in [0.5, 0.6) is 0 Å². The van der Waals surface area contributed by atoms with Crippen molar-refractivity contribution in [3.63, 3.8) is 0 Å². The maximum Gasteiger partial charge on any atom is 0.414 e. The lowest BCUT2D eigenvalue weighted by Crippen LogP contribution is -2.39. The number of carbonyl (C=O) groups is 3. The molecule has 34 heavy (non-hydrogen) atoms. The fourth-order valence-corrected chi connectivity index (χ4v) is 3.35. The third-order valence-corrected chi connectivity index (χ3v) is 5.19. The Bertz CT molecular complexity index is 1040. The van der Waals surface area contributed by atoms with Gasteiger partial charge >= 0.3 is 6.09 Å². The van der Waals surface area contributed by atoms with Crippen LogP contribution >= 0.6 is 0 Å². The van der Waals surface area contributed by atoms with Crippen molar-refractivity contribution in [2.75, 3.05) is 48.5 Å². The fourth-order valence-electron chi connectivity index (χ4n) is 3.35. The number of amides is 3. The topological polar surface area (TPSA) is 158 Å². The molecule has 11 nitrogen and oxygen atoms in total. The molecule has 11 heteroatoms. The molecule has 3 amide bonds. The second kappa shape index (κ2) is 11.3. The van der Waals surface area contributed by atoms with E-state index >= 15 is 0 Å². The van der Waals surface area contributed by atoms with E-state index in [1.54, 1.807) is 48.5 Å². The van der Waals surface area contributed by atoms with E-state index < -0.39 is 30.4 Å². The monoisotopic (exact) mass is 469 g/mol. The summed E-state index contributed by atoms with van der Waals surface area (Å²) < 4.78 is 10.0. The van der Waals surface area contributed by atoms with E-state index in [1.807, 2.05) is 0 Å². The lowest BCUT2D eigenvalue weighted by Gasteiger charge is -2.24. The number of hydrogen-bond acceptors (Lipinski definition) is 7. The van der Waals surface area contributed by atoms with Crippen LogP contribution < -0.4 is 20.9 Å². The highest BCUT2D eigenvalue weighted by atomic mass is 16.6. The van der Waals surface area contributed by atoms with E-state index in [9.17, 15) is 19.5 Å². The molecule has 1 aliphatic heterocycles. The normalized spacial score (nSPS) is 13.8. The van der Waals surface area contributed by atoms with Gasteiger partial charge in [-0.2, -0.15) is 0 Å². The van der Waals surface area contributed by atoms with E-state index in [2.05, 4.69) is 5.32 Å². The number of benzene rings is 2. The first-order valence-electron chi connectivity index (χ1n) is 10.6. The van der Waals surface area contributed by atoms with Crippen LogP contribution in [0.2, 0.25) is 0 Å². The lowest BCUT2D eigenvalue weighted by molar-refractivity contribution is -0.130. The second-order valence-corrected chi connectivity index (χ2v) is 7.52. The van der Waals surface area contributed by atoms with Gasteiger partial charge in [0.15, 0.2) is 0 Å². The van der Waals surface area contributed by atoms with Gasteiger partial charge in [-0.25, -0.2) is 4.79 Å². The number of anilines is 3. The number of aliphatic hydroxyl groups excluding tert-OH is 1. The van der Waals surface area contributed by atoms with E-state index in [0.29, 0.717) is 35.8 Å². The Kier molecular flexibility index (Phi) is 8.17. The van der Waals surface area contributed by atoms with Crippen molar-refractivity contribution in [1.82, 2.24) is 0 Å². The number of rotatable bonds is 10. The number of cyclic esters (lactones) is 1. The third kappa shape index (κ3) is 6.09. The predicted octanol–water partition coefficient (Wildman–Crippen LogP) is 1.30. The number of aliphatic hydroxyl groups is 1. The van der Waals surface area contributed by atoms with Crippen molar-refractivity contribution in [3.8, 4) is 0 Å². The predicted molar refractivity (Wildman–Crippen MR) is 126 cm³/mol. The van der Waals surface area contributed by atoms with Crippen molar-refractivity contribution in [1.29, 1.82) is 5.41 Å². The summed E-state index contributed by atoms with van der Waals surface area (Å²) in [7, 11) is 1.50. The quantitative estimate of drug-likeness (QED) is 0.301. The molecule has 0 saturated carbocycles. The maximum atomic E-state index is 12.9. The van der Waals surface area contributed by atoms with Gasteiger partial charge in [0, 0.05) is 36.3 Å². The zero-order chi connectivity index (χ0) is 24.7. The van der Waals surface area contributed by atoms with E-state index in [0.717, 1.165) is 0 Å². The van der Waals surface area contributed by atoms with E-state index in [1.165, 1.54) is 16.9 Å². The molecule has 1 saturated heterocycles. The molecule has 5 N–H and O–H groups in total. The van der Waals surface area contributed by atoms with Crippen LogP contribution in [0.3, 0.4) is 0 Å². The first-order chi connectivity index (χ1) is 16.3. The SMILES string of the molecule is COCCN(C(=O)C[C@@H](O)C(=O)Nc1ccc(C(=N)N)cc1)c1ccc(N2CCOC2=O)cc1. The molecule has 0 aliphatic carbocycles. The fraction of sp³-hybridized carbons (Fsp3) is 0.304. The summed E-state index contributed by atoms with van der Waals surface area (Å²) in [5.41, 5.74) is 7.47. The van der Waals surface area contributed by atoms with E-state index in [-0.39, 0.29) is 19.0 Å². The first kappa shape index (κ1) is 24.7. The Morgan fingerprint density at radius 2 is 1.91 bits per heavy atom. The first-order valence-corrected chi connectivity index (χ1v) is 10.6. The molecule has 1 aliphatic rings. The molecular formula is C23H27N5O6. The number of ether oxygens (including phenoxy) is 2. The molecule has 3 rings (SSSR count). The number of carbonyl (C=O) groups excluding carboxylic acids is 3. The summed E-state index contributed by atoms with van der Waals surface area (Å²) in [6.45, 7) is 1.22. The summed E-state index contributed by atoms with van der Waals surface area (Å²) in [6, 6.07) is 13.0. The highest BCUT2D eigenvalue weighted by Crippen LogP contribution is 2.24. The molecule has 0 aromatic heterocycles. The minimum Gasteiger partial charge on any atom is -0.447 e. The number of nitrogen functional groups attached to an aromatic ring is 1. The molecule has 0 bridgehead atoms. The molecule has 0 radical (unpaired) electrons. The van der Waals surface area contributed by atoms with Crippen LogP contribution in [0.15, 0.2) is 48.5 Å². The van der Waals surface area contributed by atoms with Crippen LogP contribution in [-0.4, -0.2) is 68.4 Å². The Morgan fingerprint density at radius 3 is 2.47 bits per heavy atom. The van der Waals surface area contributed by atoms with Crippen molar-refractivity contribution in [3.05, 3.63) is 54.1 Å². The standard InChI is InChI=1S/C23H27N5O6/c1-33-12-10-27(17-6-8-18(9-7-17)28-11-13-34-23(28)32)20(30)14-19(29)22(31)26-16-4-2-15(3-5-16)21(24)25/h2-9,19,29H,10-14H2,1H3,(H3,24,25)(H,26,31)/t19-/m1/s1. The minimum absolute atomic E-state index is 0.104. The summed E-state index contributed by atoms with van der Waals surface area (Å²) >= 11 is 0. The Hall–Kier alpha value is -3.96. The highest BCUT2D eigenvalue weighted by Gasteiger charge is 2.26. The van der Waals surface area contributed by atoms with Crippen molar-refractivity contribution in [2.24, 2.45) is 5.73 Å². The Balaban J connectivity index is 1.65. The molecule has 2 aromatic carbocycles. The van der Waals surface area contributed by atoms with Crippen LogP contribution in [-0.2, 0) is 19.1 Å². The number of hydrogen-bond donors (Lipinski definition) is 4. The van der Waals surface area contributed by atoms with Gasteiger partial charge in [-0.3, -0.25) is 19.9 Å². The number of amidine groups is 1. The largest absolute Gasteiger partial charge is 0.447 e. The van der Waals surface area contributed by atoms with Gasteiger partial charge in [0.2, 0.25) is 5.91 Å². The van der Waals surface area contributed by atoms with Crippen molar-refractivity contribution in [2.45, 2.75) is 12.5 Å². The van der Waals surface area contributed by atoms with Crippen LogP contribution in [0.25, 0.3) is 0 Å². The summed E-state index contributed by atoms with van der Waals surface area (Å²) in [5, 5.41) is 20.3. The minimum atomic E-state index is -1.58. The average molecular weight is 469 g/mol. The summed E-state index contributed by atoms with van der Waals surface area (Å²) in [6.07, 6.45) is -2.45. The zero-order valence-electron chi connectivity index (χ0n) is 18.7. The molecule has 2 aromatic rings. The van der Waals surface area contributed by atoms with Crippen LogP contribution in [0.4, 0.5) is 21.9 Å². The van der Waals surface area contributed by atoms with Gasteiger partial charge in [-0.15, -0.1) is 0 Å². The van der Waals surface area contributed by atoms with Gasteiger partial charge < -0.3 is 30.5 Å². The number of methoxy groups -OCH3 is 1. The zero-order valence-corrected chi connectivity index (χ0v) is 18.7. The summed E-state index contributed by atoms with van der Waals surface area (Å²) in [4.78, 5) is 40.0. The maximum absolute atomic E-state index is 12.9. The third-order valence-electron chi connectivity index (χ3n) is 5.19. The van der Waals surface area contributed by atoms with Gasteiger partial charge in [-0.05, 0) is 48.5 Å². The van der Waals surface area contributed by atoms with Gasteiger partial charge in [-0.1, -0.05) is 0 Å². The lowest BCUT2D eigenvalue weighted by atomic mass is 10.1. The Labute approximate surface area is 196 Å². The highest BCUT2D eigenvalue weighted by molar-refractivity contribution is 6.01. The smallest absolute Gasteiger partial charge is 0.414 e. The van der Waals surface area contributed by atoms with Crippen molar-refractivity contribution < 1.29 is 29.0 Å². The van der Waals surface area contributed by atoms with Crippen LogP contribution in [0.1, 0.15) is 12.0 Å². The van der Waals surface area contributed by atoms with Gasteiger partial charge in [0.05, 0.1) is 19.6 Å². The number of nitrogens with zero attached hydrogens (tertiary/aromatic N) is 2. The molecule has 1 heterocycles. The molecule has 1 atom stereocenters. The van der Waals surface area contributed by atoms with Gasteiger partial charge in [0.25, 0.3) is 5.91 Å². The molecule has 0 unspecified atom stereocenters. The Morgan fingerprint density at radius 1 is 1.24 bits per heavy atom. The van der Waals surface area contributed by atoms with Crippen molar-refractivity contribution >= 4 is 40.8 Å². The molecule has 1 fully saturated rings. The number of nitrogens with one attached hydrogen (secondary N) is 2. The number of nitrogens with two attached hydrogens (primary N) is 1.